The number of carbonyl (C=O) groups is 2. The van der Waals surface area contributed by atoms with Crippen molar-refractivity contribution < 1.29 is 37.9 Å². The van der Waals surface area contributed by atoms with E-state index < -0.39 is 32.5 Å². The highest BCUT2D eigenvalue weighted by Crippen LogP contribution is 2.36. The third-order valence-electron chi connectivity index (χ3n) is 9.23. The summed E-state index contributed by atoms with van der Waals surface area (Å²) in [6, 6.07) is 0. The summed E-state index contributed by atoms with van der Waals surface area (Å²) in [5, 5.41) is 0. The van der Waals surface area contributed by atoms with Crippen molar-refractivity contribution >= 4 is 19.8 Å². The van der Waals surface area contributed by atoms with Crippen LogP contribution in [-0.2, 0) is 28.2 Å². The quantitative estimate of drug-likeness (QED) is 0.0275. The first-order chi connectivity index (χ1) is 25.3. The maximum absolute atomic E-state index is 12.4. The van der Waals surface area contributed by atoms with Gasteiger partial charge in [-0.2, -0.15) is 0 Å². The van der Waals surface area contributed by atoms with Gasteiger partial charge in [-0.25, -0.2) is 4.57 Å². The summed E-state index contributed by atoms with van der Waals surface area (Å²) in [4.78, 5) is 42.8. The zero-order valence-electron chi connectivity index (χ0n) is 33.5. The van der Waals surface area contributed by atoms with E-state index in [-0.39, 0.29) is 19.4 Å². The molecule has 1 atom stereocenters. The van der Waals surface area contributed by atoms with Gasteiger partial charge in [-0.15, -0.1) is 0 Å². The normalized spacial score (nSPS) is 12.8. The molecular formula is C43H79O8P. The average molecular weight is 755 g/mol. The predicted octanol–water partition coefficient (Wildman–Crippen LogP) is 13.0. The third-order valence-corrected chi connectivity index (χ3v) is 9.72. The summed E-state index contributed by atoms with van der Waals surface area (Å²) in [5.74, 6) is -0.902. The Kier molecular flexibility index (Phi) is 37.7. The van der Waals surface area contributed by atoms with Gasteiger partial charge in [-0.1, -0.05) is 198 Å². The molecule has 0 saturated heterocycles. The molecule has 2 N–H and O–H groups in total. The molecule has 1 unspecified atom stereocenters. The maximum atomic E-state index is 12.4. The zero-order chi connectivity index (χ0) is 38.2. The van der Waals surface area contributed by atoms with Crippen LogP contribution in [0.5, 0.6) is 0 Å². The van der Waals surface area contributed by atoms with Gasteiger partial charge < -0.3 is 19.3 Å². The molecule has 0 radical (unpaired) electrons. The summed E-state index contributed by atoms with van der Waals surface area (Å²) >= 11 is 0. The summed E-state index contributed by atoms with van der Waals surface area (Å²) in [7, 11) is -4.76. The lowest BCUT2D eigenvalue weighted by molar-refractivity contribution is -0.161. The lowest BCUT2D eigenvalue weighted by Crippen LogP contribution is -2.29. The molecule has 0 bridgehead atoms. The molecule has 304 valence electrons. The fraction of sp³-hybridized carbons (Fsp3) is 0.814. The van der Waals surface area contributed by atoms with Crippen LogP contribution in [0.4, 0.5) is 0 Å². The average Bonchev–Trinajstić information content (AvgIpc) is 3.11. The Balaban J connectivity index is 3.84. The van der Waals surface area contributed by atoms with E-state index >= 15 is 0 Å². The van der Waals surface area contributed by atoms with Crippen molar-refractivity contribution in [3.8, 4) is 0 Å². The van der Waals surface area contributed by atoms with Gasteiger partial charge in [0.2, 0.25) is 0 Å². The maximum Gasteiger partial charge on any atom is 0.469 e. The third kappa shape index (κ3) is 41.0. The lowest BCUT2D eigenvalue weighted by Gasteiger charge is -2.18. The van der Waals surface area contributed by atoms with Gasteiger partial charge in [0.25, 0.3) is 0 Å². The minimum atomic E-state index is -4.76. The van der Waals surface area contributed by atoms with Gasteiger partial charge in [0.15, 0.2) is 6.10 Å². The standard InChI is InChI=1S/C43H79O8P/c1-3-5-7-9-11-13-15-17-18-19-20-21-22-23-24-26-27-29-31-33-35-37-42(44)49-39-41(40-50-52(46,47)48)51-43(45)38-36-34-32-30-28-25-16-14-12-10-8-6-4-2/h6,8,10,12,14,16,41H,3-5,7,9,11,13,15,17-40H2,1-2H3,(H2,46,47,48)/b8-6+,12-10+,16-14+. The van der Waals surface area contributed by atoms with Crippen LogP contribution in [-0.4, -0.2) is 41.0 Å². The van der Waals surface area contributed by atoms with Crippen LogP contribution < -0.4 is 0 Å². The Morgan fingerprint density at radius 1 is 0.519 bits per heavy atom. The molecule has 0 heterocycles. The highest BCUT2D eigenvalue weighted by Gasteiger charge is 2.22. The second-order valence-corrected chi connectivity index (χ2v) is 15.6. The van der Waals surface area contributed by atoms with Crippen molar-refractivity contribution in [1.29, 1.82) is 0 Å². The van der Waals surface area contributed by atoms with Crippen LogP contribution in [0, 0.1) is 0 Å². The Morgan fingerprint density at radius 3 is 1.37 bits per heavy atom. The minimum Gasteiger partial charge on any atom is -0.462 e. The molecule has 0 rings (SSSR count). The van der Waals surface area contributed by atoms with Crippen molar-refractivity contribution in [2.45, 2.75) is 213 Å². The van der Waals surface area contributed by atoms with Gasteiger partial charge >= 0.3 is 19.8 Å². The van der Waals surface area contributed by atoms with Crippen LogP contribution in [0.3, 0.4) is 0 Å². The van der Waals surface area contributed by atoms with Crippen molar-refractivity contribution in [3.63, 3.8) is 0 Å². The Bertz CT molecular complexity index is 941. The lowest BCUT2D eigenvalue weighted by atomic mass is 10.0. The van der Waals surface area contributed by atoms with E-state index in [9.17, 15) is 14.2 Å². The van der Waals surface area contributed by atoms with E-state index in [1.807, 2.05) is 18.2 Å². The van der Waals surface area contributed by atoms with Gasteiger partial charge in [0.05, 0.1) is 6.61 Å². The Morgan fingerprint density at radius 2 is 0.923 bits per heavy atom. The number of unbranched alkanes of at least 4 members (excludes halogenated alkanes) is 25. The molecule has 0 spiro atoms. The summed E-state index contributed by atoms with van der Waals surface area (Å²) in [6.07, 6.45) is 45.9. The number of carbonyl (C=O) groups excluding carboxylic acids is 2. The van der Waals surface area contributed by atoms with E-state index in [4.69, 9.17) is 19.3 Å². The van der Waals surface area contributed by atoms with E-state index in [1.54, 1.807) is 0 Å². The summed E-state index contributed by atoms with van der Waals surface area (Å²) < 4.78 is 26.4. The first-order valence-electron chi connectivity index (χ1n) is 21.3. The number of rotatable bonds is 39. The fourth-order valence-corrected chi connectivity index (χ4v) is 6.44. The Hall–Kier alpha value is -1.73. The highest BCUT2D eigenvalue weighted by atomic mass is 31.2. The number of allylic oxidation sites excluding steroid dienone is 6. The van der Waals surface area contributed by atoms with Crippen molar-refractivity contribution in [2.75, 3.05) is 13.2 Å². The van der Waals surface area contributed by atoms with E-state index in [0.717, 1.165) is 57.8 Å². The van der Waals surface area contributed by atoms with Crippen LogP contribution in [0.15, 0.2) is 36.5 Å². The molecule has 0 aromatic heterocycles. The monoisotopic (exact) mass is 755 g/mol. The molecule has 8 nitrogen and oxygen atoms in total. The zero-order valence-corrected chi connectivity index (χ0v) is 34.4. The predicted molar refractivity (Wildman–Crippen MR) is 216 cm³/mol. The van der Waals surface area contributed by atoms with Crippen LogP contribution in [0.25, 0.3) is 0 Å². The topological polar surface area (TPSA) is 119 Å². The molecule has 0 saturated carbocycles. The number of hydrogen-bond acceptors (Lipinski definition) is 6. The number of hydrogen-bond donors (Lipinski definition) is 2. The number of ether oxygens (including phenoxy) is 2. The SMILES string of the molecule is CC/C=C/C=C/C=C/CCCCCCCC(=O)OC(COC(=O)CCCCCCCCCCCCCCCCCCCCCCC)COP(=O)(O)O. The highest BCUT2D eigenvalue weighted by molar-refractivity contribution is 7.46. The molecule has 9 heteroatoms. The molecular weight excluding hydrogens is 675 g/mol. The number of phosphoric ester groups is 1. The molecule has 52 heavy (non-hydrogen) atoms. The number of phosphoric acid groups is 1. The molecule has 0 aromatic carbocycles. The largest absolute Gasteiger partial charge is 0.469 e. The minimum absolute atomic E-state index is 0.190. The van der Waals surface area contributed by atoms with E-state index in [1.165, 1.54) is 116 Å². The number of esters is 2. The second kappa shape index (κ2) is 39.0. The molecule has 0 aromatic rings. The van der Waals surface area contributed by atoms with Crippen LogP contribution in [0.1, 0.15) is 206 Å². The van der Waals surface area contributed by atoms with E-state index in [2.05, 4.69) is 36.6 Å². The van der Waals surface area contributed by atoms with Gasteiger partial charge in [0, 0.05) is 12.8 Å². The summed E-state index contributed by atoms with van der Waals surface area (Å²) in [6.45, 7) is 3.55. The van der Waals surface area contributed by atoms with Crippen molar-refractivity contribution in [2.24, 2.45) is 0 Å². The molecule has 0 fully saturated rings. The fourth-order valence-electron chi connectivity index (χ4n) is 6.08. The van der Waals surface area contributed by atoms with Crippen molar-refractivity contribution in [1.82, 2.24) is 0 Å². The smallest absolute Gasteiger partial charge is 0.462 e. The Labute approximate surface area is 319 Å². The molecule has 0 aliphatic rings. The summed E-state index contributed by atoms with van der Waals surface area (Å²) in [5.41, 5.74) is 0. The van der Waals surface area contributed by atoms with Crippen LogP contribution in [0.2, 0.25) is 0 Å². The first kappa shape index (κ1) is 50.3. The van der Waals surface area contributed by atoms with Crippen molar-refractivity contribution in [3.05, 3.63) is 36.5 Å². The second-order valence-electron chi connectivity index (χ2n) is 14.4. The van der Waals surface area contributed by atoms with Gasteiger partial charge in [-0.3, -0.25) is 14.1 Å². The molecule has 0 aliphatic heterocycles. The molecule has 0 amide bonds. The van der Waals surface area contributed by atoms with Gasteiger partial charge in [-0.05, 0) is 32.1 Å². The van der Waals surface area contributed by atoms with Crippen LogP contribution >= 0.6 is 7.82 Å². The first-order valence-corrected chi connectivity index (χ1v) is 22.8. The molecule has 0 aliphatic carbocycles. The van der Waals surface area contributed by atoms with E-state index in [0.29, 0.717) is 6.42 Å². The van der Waals surface area contributed by atoms with Gasteiger partial charge in [0.1, 0.15) is 6.61 Å².